The van der Waals surface area contributed by atoms with E-state index in [2.05, 4.69) is 4.74 Å². The first kappa shape index (κ1) is 22.2. The molecule has 4 rings (SSSR count). The van der Waals surface area contributed by atoms with Crippen molar-refractivity contribution in [2.75, 3.05) is 19.1 Å². The number of anilines is 1. The van der Waals surface area contributed by atoms with Crippen molar-refractivity contribution in [3.63, 3.8) is 0 Å². The number of rotatable bonds is 7. The number of imide groups is 1. The Hall–Kier alpha value is -3.98. The summed E-state index contributed by atoms with van der Waals surface area (Å²) in [6.45, 7) is 0.0721. The lowest BCUT2D eigenvalue weighted by Gasteiger charge is -2.12. The summed E-state index contributed by atoms with van der Waals surface area (Å²) in [5.74, 6) is 0.461. The Labute approximate surface area is 193 Å². The molecular formula is C24H19NO7S. The number of hydrogen-bond acceptors (Lipinski definition) is 8. The van der Waals surface area contributed by atoms with E-state index < -0.39 is 5.97 Å². The molecule has 1 aromatic heterocycles. The van der Waals surface area contributed by atoms with Gasteiger partial charge in [-0.15, -0.1) is 0 Å². The lowest BCUT2D eigenvalue weighted by Crippen LogP contribution is -2.27. The van der Waals surface area contributed by atoms with Crippen LogP contribution in [0.4, 0.5) is 10.5 Å². The van der Waals surface area contributed by atoms with Crippen LogP contribution in [0.2, 0.25) is 0 Å². The molecule has 0 atom stereocenters. The summed E-state index contributed by atoms with van der Waals surface area (Å²) in [5, 5.41) is -0.353. The van der Waals surface area contributed by atoms with E-state index in [-0.39, 0.29) is 23.5 Å². The first-order chi connectivity index (χ1) is 16.0. The van der Waals surface area contributed by atoms with Gasteiger partial charge in [-0.1, -0.05) is 24.3 Å². The number of para-hydroxylation sites is 1. The van der Waals surface area contributed by atoms with Gasteiger partial charge in [-0.2, -0.15) is 0 Å². The van der Waals surface area contributed by atoms with E-state index in [0.29, 0.717) is 33.4 Å². The zero-order valence-electron chi connectivity index (χ0n) is 17.8. The Balaban J connectivity index is 1.49. The fraction of sp³-hybridized carbons (Fsp3) is 0.125. The minimum atomic E-state index is -0.570. The highest BCUT2D eigenvalue weighted by Gasteiger charge is 2.36. The van der Waals surface area contributed by atoms with Gasteiger partial charge >= 0.3 is 5.97 Å². The van der Waals surface area contributed by atoms with Crippen molar-refractivity contribution in [1.82, 2.24) is 0 Å². The Bertz CT molecular complexity index is 1230. The molecule has 2 heterocycles. The first-order valence-electron chi connectivity index (χ1n) is 9.81. The third kappa shape index (κ3) is 4.78. The maximum atomic E-state index is 12.8. The minimum Gasteiger partial charge on any atom is -0.493 e. The molecule has 2 amide bonds. The molecule has 2 aromatic carbocycles. The maximum absolute atomic E-state index is 12.8. The van der Waals surface area contributed by atoms with Crippen molar-refractivity contribution in [3.05, 3.63) is 82.7 Å². The van der Waals surface area contributed by atoms with E-state index >= 15 is 0 Å². The van der Waals surface area contributed by atoms with E-state index in [1.54, 1.807) is 54.6 Å². The molecule has 168 valence electrons. The number of amides is 2. The molecule has 1 aliphatic heterocycles. The van der Waals surface area contributed by atoms with Crippen LogP contribution in [0, 0.1) is 0 Å². The molecule has 0 saturated carbocycles. The van der Waals surface area contributed by atoms with Gasteiger partial charge in [-0.05, 0) is 59.8 Å². The third-order valence-electron chi connectivity index (χ3n) is 4.71. The normalized spacial score (nSPS) is 14.6. The summed E-state index contributed by atoms with van der Waals surface area (Å²) >= 11 is 0.879. The predicted molar refractivity (Wildman–Crippen MR) is 122 cm³/mol. The number of nitrogens with zero attached hydrogens (tertiary/aromatic N) is 1. The van der Waals surface area contributed by atoms with E-state index in [1.807, 2.05) is 6.07 Å². The van der Waals surface area contributed by atoms with Crippen LogP contribution in [-0.4, -0.2) is 31.3 Å². The second-order valence-corrected chi connectivity index (χ2v) is 7.80. The molecule has 9 heteroatoms. The zero-order chi connectivity index (χ0) is 23.4. The standard InChI is InChI=1S/C24H19NO7S/c1-29-20-12-15(8-10-18(20)31-14-17-9-11-19(32-17)23(27)30-2)13-21-22(26)25(24(28)33-21)16-6-4-3-5-7-16/h3-13H,14H2,1-2H3/b21-13+. The molecule has 0 bridgehead atoms. The predicted octanol–water partition coefficient (Wildman–Crippen LogP) is 4.89. The van der Waals surface area contributed by atoms with E-state index in [1.165, 1.54) is 20.3 Å². The topological polar surface area (TPSA) is 95.3 Å². The quantitative estimate of drug-likeness (QED) is 0.359. The van der Waals surface area contributed by atoms with Crippen LogP contribution in [0.15, 0.2) is 70.0 Å². The number of carbonyl (C=O) groups is 3. The van der Waals surface area contributed by atoms with E-state index in [0.717, 1.165) is 16.7 Å². The second-order valence-electron chi connectivity index (χ2n) is 6.81. The molecule has 0 spiro atoms. The Morgan fingerprint density at radius 1 is 1.03 bits per heavy atom. The largest absolute Gasteiger partial charge is 0.493 e. The van der Waals surface area contributed by atoms with Crippen LogP contribution in [0.3, 0.4) is 0 Å². The molecule has 0 unspecified atom stereocenters. The van der Waals surface area contributed by atoms with Gasteiger partial charge in [-0.25, -0.2) is 9.69 Å². The van der Waals surface area contributed by atoms with Crippen LogP contribution in [0.5, 0.6) is 11.5 Å². The van der Waals surface area contributed by atoms with Gasteiger partial charge in [0.05, 0.1) is 24.8 Å². The van der Waals surface area contributed by atoms with Gasteiger partial charge in [0.2, 0.25) is 5.76 Å². The van der Waals surface area contributed by atoms with Crippen molar-refractivity contribution in [2.24, 2.45) is 0 Å². The Kier molecular flexibility index (Phi) is 6.50. The van der Waals surface area contributed by atoms with Crippen molar-refractivity contribution in [2.45, 2.75) is 6.61 Å². The van der Waals surface area contributed by atoms with Crippen molar-refractivity contribution >= 4 is 40.6 Å². The molecular weight excluding hydrogens is 446 g/mol. The van der Waals surface area contributed by atoms with Crippen molar-refractivity contribution < 1.29 is 33.0 Å². The molecule has 3 aromatic rings. The number of hydrogen-bond donors (Lipinski definition) is 0. The zero-order valence-corrected chi connectivity index (χ0v) is 18.6. The number of furan rings is 1. The SMILES string of the molecule is COC(=O)c1ccc(COc2ccc(/C=C3/SC(=O)N(c4ccccc4)C3=O)cc2OC)o1. The molecule has 0 aliphatic carbocycles. The smallest absolute Gasteiger partial charge is 0.373 e. The maximum Gasteiger partial charge on any atom is 0.373 e. The number of carbonyl (C=O) groups excluding carboxylic acids is 3. The monoisotopic (exact) mass is 465 g/mol. The van der Waals surface area contributed by atoms with Crippen LogP contribution in [-0.2, 0) is 16.1 Å². The van der Waals surface area contributed by atoms with Gasteiger partial charge in [0.1, 0.15) is 12.4 Å². The van der Waals surface area contributed by atoms with Crippen LogP contribution >= 0.6 is 11.8 Å². The van der Waals surface area contributed by atoms with Gasteiger partial charge in [0.25, 0.3) is 11.1 Å². The number of ether oxygens (including phenoxy) is 3. The average molecular weight is 465 g/mol. The highest BCUT2D eigenvalue weighted by atomic mass is 32.2. The summed E-state index contributed by atoms with van der Waals surface area (Å²) < 4.78 is 21.2. The fourth-order valence-corrected chi connectivity index (χ4v) is 3.97. The molecule has 33 heavy (non-hydrogen) atoms. The molecule has 0 N–H and O–H groups in total. The summed E-state index contributed by atoms with van der Waals surface area (Å²) in [7, 11) is 2.77. The summed E-state index contributed by atoms with van der Waals surface area (Å²) in [6.07, 6.45) is 1.63. The molecule has 1 aliphatic rings. The molecule has 0 radical (unpaired) electrons. The molecule has 1 saturated heterocycles. The highest BCUT2D eigenvalue weighted by molar-refractivity contribution is 8.19. The van der Waals surface area contributed by atoms with Crippen molar-refractivity contribution in [3.8, 4) is 11.5 Å². The molecule has 1 fully saturated rings. The van der Waals surface area contributed by atoms with Gasteiger partial charge < -0.3 is 18.6 Å². The third-order valence-corrected chi connectivity index (χ3v) is 5.58. The van der Waals surface area contributed by atoms with Gasteiger partial charge in [0, 0.05) is 0 Å². The first-order valence-corrected chi connectivity index (χ1v) is 10.6. The minimum absolute atomic E-state index is 0.0721. The fourth-order valence-electron chi connectivity index (χ4n) is 3.13. The molecule has 8 nitrogen and oxygen atoms in total. The van der Waals surface area contributed by atoms with Gasteiger partial charge in [0.15, 0.2) is 11.5 Å². The van der Waals surface area contributed by atoms with E-state index in [4.69, 9.17) is 13.9 Å². The number of esters is 1. The second kappa shape index (κ2) is 9.66. The van der Waals surface area contributed by atoms with Crippen LogP contribution in [0.25, 0.3) is 6.08 Å². The number of benzene rings is 2. The number of thioether (sulfide) groups is 1. The lowest BCUT2D eigenvalue weighted by atomic mass is 10.2. The highest BCUT2D eigenvalue weighted by Crippen LogP contribution is 2.37. The summed E-state index contributed by atoms with van der Waals surface area (Å²) in [5.41, 5.74) is 1.20. The van der Waals surface area contributed by atoms with Crippen LogP contribution < -0.4 is 14.4 Å². The Morgan fingerprint density at radius 3 is 2.55 bits per heavy atom. The average Bonchev–Trinajstić information content (AvgIpc) is 3.42. The van der Waals surface area contributed by atoms with Crippen molar-refractivity contribution in [1.29, 1.82) is 0 Å². The Morgan fingerprint density at radius 2 is 1.82 bits per heavy atom. The van der Waals surface area contributed by atoms with Crippen LogP contribution in [0.1, 0.15) is 21.9 Å². The van der Waals surface area contributed by atoms with Gasteiger partial charge in [-0.3, -0.25) is 9.59 Å². The summed E-state index contributed by atoms with van der Waals surface area (Å²) in [4.78, 5) is 38.1. The summed E-state index contributed by atoms with van der Waals surface area (Å²) in [6, 6.07) is 17.0. The van der Waals surface area contributed by atoms with E-state index in [9.17, 15) is 14.4 Å². The number of methoxy groups -OCH3 is 2. The lowest BCUT2D eigenvalue weighted by molar-refractivity contribution is -0.113.